The fourth-order valence-electron chi connectivity index (χ4n) is 3.89. The van der Waals surface area contributed by atoms with E-state index in [-0.39, 0.29) is 18.2 Å². The number of carbonyl (C=O) groups excluding carboxylic acids is 2. The maximum Gasteiger partial charge on any atom is 0.231 e. The molecule has 1 fully saturated rings. The van der Waals surface area contributed by atoms with Crippen LogP contribution in [0, 0.1) is 5.92 Å². The molecule has 0 spiro atoms. The van der Waals surface area contributed by atoms with Crippen molar-refractivity contribution >= 4 is 23.3 Å². The van der Waals surface area contributed by atoms with Gasteiger partial charge >= 0.3 is 0 Å². The lowest BCUT2D eigenvalue weighted by molar-refractivity contribution is -0.122. The molecule has 2 amide bonds. The largest absolute Gasteiger partial charge is 0.311 e. The highest BCUT2D eigenvalue weighted by molar-refractivity contribution is 6.03. The Morgan fingerprint density at radius 1 is 1.19 bits per heavy atom. The summed E-state index contributed by atoms with van der Waals surface area (Å²) < 4.78 is 1.73. The standard InChI is InChI=1S/C24H27N5O2/c1-3-17(2)20-9-4-5-10-21(20)29-15-18(14-23(29)30)24(31)26-22-11-13-28(27-22)16-19-8-6-7-12-25-19/h4-13,17-18H,3,14-16H2,1-2H3,(H,26,27,31). The van der Waals surface area contributed by atoms with Crippen molar-refractivity contribution in [2.24, 2.45) is 5.92 Å². The van der Waals surface area contributed by atoms with E-state index in [2.05, 4.69) is 35.3 Å². The third-order valence-corrected chi connectivity index (χ3v) is 5.81. The Morgan fingerprint density at radius 3 is 2.77 bits per heavy atom. The summed E-state index contributed by atoms with van der Waals surface area (Å²) in [4.78, 5) is 31.6. The molecular formula is C24H27N5O2. The zero-order valence-corrected chi connectivity index (χ0v) is 17.9. The Hall–Kier alpha value is -3.48. The first-order chi connectivity index (χ1) is 15.0. The van der Waals surface area contributed by atoms with E-state index >= 15 is 0 Å². The number of pyridine rings is 1. The zero-order valence-electron chi connectivity index (χ0n) is 17.9. The number of para-hydroxylation sites is 1. The maximum absolute atomic E-state index is 12.8. The summed E-state index contributed by atoms with van der Waals surface area (Å²) in [6.45, 7) is 5.20. The lowest BCUT2D eigenvalue weighted by atomic mass is 9.96. The van der Waals surface area contributed by atoms with Crippen molar-refractivity contribution in [3.8, 4) is 0 Å². The van der Waals surface area contributed by atoms with E-state index in [9.17, 15) is 9.59 Å². The van der Waals surface area contributed by atoms with Gasteiger partial charge in [0.2, 0.25) is 11.8 Å². The number of hydrogen-bond donors (Lipinski definition) is 1. The predicted octanol–water partition coefficient (Wildman–Crippen LogP) is 3.83. The third kappa shape index (κ3) is 4.66. The zero-order chi connectivity index (χ0) is 21.8. The third-order valence-electron chi connectivity index (χ3n) is 5.81. The smallest absolute Gasteiger partial charge is 0.231 e. The van der Waals surface area contributed by atoms with Gasteiger partial charge in [0.25, 0.3) is 0 Å². The van der Waals surface area contributed by atoms with Crippen LogP contribution in [0.5, 0.6) is 0 Å². The monoisotopic (exact) mass is 417 g/mol. The molecule has 1 N–H and O–H groups in total. The van der Waals surface area contributed by atoms with Gasteiger partial charge < -0.3 is 10.2 Å². The van der Waals surface area contributed by atoms with Crippen LogP contribution in [0.2, 0.25) is 0 Å². The van der Waals surface area contributed by atoms with E-state index < -0.39 is 5.92 Å². The number of rotatable bonds is 7. The van der Waals surface area contributed by atoms with Crippen LogP contribution < -0.4 is 10.2 Å². The van der Waals surface area contributed by atoms with Crippen molar-refractivity contribution in [2.45, 2.75) is 39.2 Å². The van der Waals surface area contributed by atoms with Crippen LogP contribution in [0.3, 0.4) is 0 Å². The molecule has 0 aliphatic carbocycles. The van der Waals surface area contributed by atoms with Gasteiger partial charge in [0.15, 0.2) is 5.82 Å². The summed E-state index contributed by atoms with van der Waals surface area (Å²) in [6.07, 6.45) is 4.74. The van der Waals surface area contributed by atoms with Gasteiger partial charge in [-0.1, -0.05) is 38.1 Å². The van der Waals surface area contributed by atoms with Crippen LogP contribution in [0.25, 0.3) is 0 Å². The molecule has 2 aromatic heterocycles. The van der Waals surface area contributed by atoms with Crippen LogP contribution >= 0.6 is 0 Å². The Kier molecular flexibility index (Phi) is 6.11. The second-order valence-electron chi connectivity index (χ2n) is 7.98. The van der Waals surface area contributed by atoms with Crippen molar-refractivity contribution in [1.82, 2.24) is 14.8 Å². The topological polar surface area (TPSA) is 80.1 Å². The number of benzene rings is 1. The molecule has 0 saturated carbocycles. The molecule has 7 heteroatoms. The Balaban J connectivity index is 1.42. The van der Waals surface area contributed by atoms with Crippen molar-refractivity contribution < 1.29 is 9.59 Å². The van der Waals surface area contributed by atoms with Crippen LogP contribution in [0.4, 0.5) is 11.5 Å². The molecule has 1 saturated heterocycles. The normalized spacial score (nSPS) is 17.0. The van der Waals surface area contributed by atoms with E-state index in [0.717, 1.165) is 23.4 Å². The minimum Gasteiger partial charge on any atom is -0.311 e. The first-order valence-electron chi connectivity index (χ1n) is 10.7. The summed E-state index contributed by atoms with van der Waals surface area (Å²) in [5.74, 6) is 0.224. The molecule has 3 aromatic rings. The molecule has 4 rings (SSSR count). The Bertz CT molecular complexity index is 1060. The van der Waals surface area contributed by atoms with E-state index in [1.807, 2.05) is 36.4 Å². The molecule has 3 heterocycles. The minimum atomic E-state index is -0.404. The first kappa shape index (κ1) is 20.8. The summed E-state index contributed by atoms with van der Waals surface area (Å²) >= 11 is 0. The summed E-state index contributed by atoms with van der Waals surface area (Å²) in [5.41, 5.74) is 2.95. The fourth-order valence-corrected chi connectivity index (χ4v) is 3.89. The molecule has 1 aliphatic rings. The average Bonchev–Trinajstić information content (AvgIpc) is 3.40. The van der Waals surface area contributed by atoms with Gasteiger partial charge in [-0.3, -0.25) is 19.3 Å². The SMILES string of the molecule is CCC(C)c1ccccc1N1CC(C(=O)Nc2ccn(Cc3ccccn3)n2)CC1=O. The van der Waals surface area contributed by atoms with Crippen molar-refractivity contribution in [3.63, 3.8) is 0 Å². The molecule has 2 atom stereocenters. The predicted molar refractivity (Wildman–Crippen MR) is 120 cm³/mol. The van der Waals surface area contributed by atoms with Crippen LogP contribution in [0.1, 0.15) is 43.9 Å². The van der Waals surface area contributed by atoms with Gasteiger partial charge in [0, 0.05) is 37.1 Å². The van der Waals surface area contributed by atoms with Crippen molar-refractivity contribution in [3.05, 3.63) is 72.2 Å². The number of nitrogens with one attached hydrogen (secondary N) is 1. The molecule has 160 valence electrons. The van der Waals surface area contributed by atoms with Crippen molar-refractivity contribution in [1.29, 1.82) is 0 Å². The number of anilines is 2. The van der Waals surface area contributed by atoms with E-state index in [1.165, 1.54) is 0 Å². The van der Waals surface area contributed by atoms with Crippen molar-refractivity contribution in [2.75, 3.05) is 16.8 Å². The molecule has 2 unspecified atom stereocenters. The second-order valence-corrected chi connectivity index (χ2v) is 7.98. The van der Waals surface area contributed by atoms with Gasteiger partial charge in [-0.25, -0.2) is 0 Å². The second kappa shape index (κ2) is 9.12. The highest BCUT2D eigenvalue weighted by Gasteiger charge is 2.36. The number of nitrogens with zero attached hydrogens (tertiary/aromatic N) is 4. The quantitative estimate of drug-likeness (QED) is 0.634. The molecule has 31 heavy (non-hydrogen) atoms. The summed E-state index contributed by atoms with van der Waals surface area (Å²) in [7, 11) is 0. The van der Waals surface area contributed by atoms with E-state index in [4.69, 9.17) is 0 Å². The molecule has 0 radical (unpaired) electrons. The van der Waals surface area contributed by atoms with Crippen LogP contribution in [0.15, 0.2) is 60.9 Å². The fraction of sp³-hybridized carbons (Fsp3) is 0.333. The Labute approximate surface area is 182 Å². The Morgan fingerprint density at radius 2 is 2.00 bits per heavy atom. The van der Waals surface area contributed by atoms with E-state index in [1.54, 1.807) is 28.0 Å². The van der Waals surface area contributed by atoms with Crippen LogP contribution in [-0.4, -0.2) is 33.1 Å². The lowest BCUT2D eigenvalue weighted by Gasteiger charge is -2.23. The first-order valence-corrected chi connectivity index (χ1v) is 10.7. The van der Waals surface area contributed by atoms with Crippen LogP contribution in [-0.2, 0) is 16.1 Å². The highest BCUT2D eigenvalue weighted by Crippen LogP contribution is 2.33. The molecular weight excluding hydrogens is 390 g/mol. The number of hydrogen-bond acceptors (Lipinski definition) is 4. The van der Waals surface area contributed by atoms with Gasteiger partial charge in [-0.15, -0.1) is 0 Å². The lowest BCUT2D eigenvalue weighted by Crippen LogP contribution is -2.29. The number of amides is 2. The van der Waals surface area contributed by atoms with Gasteiger partial charge in [0.1, 0.15) is 0 Å². The molecule has 7 nitrogen and oxygen atoms in total. The average molecular weight is 418 g/mol. The minimum absolute atomic E-state index is 0.0171. The van der Waals surface area contributed by atoms with Gasteiger partial charge in [-0.2, -0.15) is 5.10 Å². The molecule has 1 aliphatic heterocycles. The van der Waals surface area contributed by atoms with E-state index in [0.29, 0.717) is 24.8 Å². The molecule has 1 aromatic carbocycles. The summed E-state index contributed by atoms with van der Waals surface area (Å²) in [5, 5.41) is 7.27. The maximum atomic E-state index is 12.8. The highest BCUT2D eigenvalue weighted by atomic mass is 16.2. The van der Waals surface area contributed by atoms with Gasteiger partial charge in [0.05, 0.1) is 18.2 Å². The number of carbonyl (C=O) groups is 2. The van der Waals surface area contributed by atoms with Gasteiger partial charge in [-0.05, 0) is 36.1 Å². The summed E-state index contributed by atoms with van der Waals surface area (Å²) in [6, 6.07) is 15.5. The number of aromatic nitrogens is 3. The molecule has 0 bridgehead atoms.